The summed E-state index contributed by atoms with van der Waals surface area (Å²) in [4.78, 5) is 32.6. The van der Waals surface area contributed by atoms with Gasteiger partial charge in [0.25, 0.3) is 0 Å². The van der Waals surface area contributed by atoms with Crippen LogP contribution in [-0.2, 0) is 6.54 Å². The monoisotopic (exact) mass is 537 g/mol. The van der Waals surface area contributed by atoms with Gasteiger partial charge in [0, 0.05) is 24.7 Å². The second-order valence-corrected chi connectivity index (χ2v) is 10.6. The van der Waals surface area contributed by atoms with E-state index < -0.39 is 6.03 Å². The topological polar surface area (TPSA) is 87.4 Å². The van der Waals surface area contributed by atoms with Crippen molar-refractivity contribution in [2.45, 2.75) is 31.5 Å². The van der Waals surface area contributed by atoms with Crippen LogP contribution >= 0.6 is 23.2 Å². The smallest absolute Gasteiger partial charge is 0.326 e. The Morgan fingerprint density at radius 3 is 2.54 bits per heavy atom. The highest BCUT2D eigenvalue weighted by atomic mass is 35.5. The third-order valence-corrected chi connectivity index (χ3v) is 7.84. The molecule has 2 amide bonds. The Hall–Kier alpha value is -3.26. The summed E-state index contributed by atoms with van der Waals surface area (Å²) in [6.07, 6.45) is 1.13. The molecule has 0 bridgehead atoms. The van der Waals surface area contributed by atoms with Crippen LogP contribution in [0.2, 0.25) is 10.0 Å². The molecule has 37 heavy (non-hydrogen) atoms. The van der Waals surface area contributed by atoms with Crippen molar-refractivity contribution in [3.05, 3.63) is 92.3 Å². The highest BCUT2D eigenvalue weighted by Crippen LogP contribution is 2.40. The zero-order chi connectivity index (χ0) is 26.3. The number of nitrogens with two attached hydrogens (primary N) is 1. The van der Waals surface area contributed by atoms with Gasteiger partial charge in [0.1, 0.15) is 0 Å². The van der Waals surface area contributed by atoms with E-state index >= 15 is 0 Å². The lowest BCUT2D eigenvalue weighted by molar-refractivity contribution is 0.136. The minimum atomic E-state index is -0.499. The standard InChI is InChI=1S/C28H29Cl2N5O2/c1-33(2)16-18-6-3-4-7-20(18)21-8-5-9-24-26(21)32-28(37)35(24)19-12-13-34(27(31)36)25(15-19)17-10-11-22(29)23(30)14-17/h3-11,14,19,25H,12-13,15-16H2,1-2H3,(H2,31,36)(H,32,37). The van der Waals surface area contributed by atoms with Crippen LogP contribution in [0, 0.1) is 0 Å². The van der Waals surface area contributed by atoms with Crippen molar-refractivity contribution in [3.63, 3.8) is 0 Å². The highest BCUT2D eigenvalue weighted by molar-refractivity contribution is 6.42. The van der Waals surface area contributed by atoms with E-state index in [9.17, 15) is 9.59 Å². The van der Waals surface area contributed by atoms with Gasteiger partial charge in [-0.05, 0) is 61.8 Å². The molecule has 1 saturated heterocycles. The van der Waals surface area contributed by atoms with E-state index in [4.69, 9.17) is 28.9 Å². The molecule has 4 aromatic rings. The van der Waals surface area contributed by atoms with Crippen molar-refractivity contribution in [1.29, 1.82) is 0 Å². The van der Waals surface area contributed by atoms with Crippen molar-refractivity contribution in [2.75, 3.05) is 20.6 Å². The van der Waals surface area contributed by atoms with Crippen molar-refractivity contribution in [3.8, 4) is 11.1 Å². The first-order valence-corrected chi connectivity index (χ1v) is 13.0. The zero-order valence-electron chi connectivity index (χ0n) is 20.7. The van der Waals surface area contributed by atoms with Gasteiger partial charge >= 0.3 is 11.7 Å². The van der Waals surface area contributed by atoms with E-state index in [1.807, 2.05) is 55.1 Å². The van der Waals surface area contributed by atoms with E-state index in [0.717, 1.165) is 34.3 Å². The van der Waals surface area contributed by atoms with Crippen molar-refractivity contribution >= 4 is 40.3 Å². The molecule has 0 radical (unpaired) electrons. The summed E-state index contributed by atoms with van der Waals surface area (Å²) in [6, 6.07) is 18.6. The molecule has 2 atom stereocenters. The van der Waals surface area contributed by atoms with Gasteiger partial charge < -0.3 is 20.5 Å². The van der Waals surface area contributed by atoms with Gasteiger partial charge in [0.05, 0.1) is 27.1 Å². The lowest BCUT2D eigenvalue weighted by atomic mass is 9.91. The molecule has 5 rings (SSSR count). The third kappa shape index (κ3) is 4.87. The van der Waals surface area contributed by atoms with E-state index in [2.05, 4.69) is 22.0 Å². The van der Waals surface area contributed by atoms with E-state index in [-0.39, 0.29) is 17.8 Å². The second kappa shape index (κ2) is 10.2. The number of benzene rings is 3. The maximum absolute atomic E-state index is 13.4. The number of carbonyl (C=O) groups is 1. The number of nitrogens with zero attached hydrogens (tertiary/aromatic N) is 3. The predicted molar refractivity (Wildman–Crippen MR) is 149 cm³/mol. The fraction of sp³-hybridized carbons (Fsp3) is 0.286. The minimum Gasteiger partial charge on any atom is -0.351 e. The summed E-state index contributed by atoms with van der Waals surface area (Å²) >= 11 is 12.4. The number of rotatable bonds is 5. The number of carbonyl (C=O) groups excluding carboxylic acids is 1. The number of nitrogens with one attached hydrogen (secondary N) is 1. The number of piperidine rings is 1. The number of primary amides is 1. The van der Waals surface area contributed by atoms with Crippen LogP contribution in [0.25, 0.3) is 22.2 Å². The minimum absolute atomic E-state index is 0.136. The molecule has 2 unspecified atom stereocenters. The molecular formula is C28H29Cl2N5O2. The molecule has 0 saturated carbocycles. The van der Waals surface area contributed by atoms with E-state index in [1.165, 1.54) is 5.56 Å². The Kier molecular flexibility index (Phi) is 7.03. The van der Waals surface area contributed by atoms with Crippen LogP contribution in [-0.4, -0.2) is 46.0 Å². The Bertz CT molecular complexity index is 1530. The molecular weight excluding hydrogens is 509 g/mol. The van der Waals surface area contributed by atoms with Crippen LogP contribution < -0.4 is 11.4 Å². The average molecular weight is 538 g/mol. The van der Waals surface area contributed by atoms with E-state index in [1.54, 1.807) is 17.0 Å². The van der Waals surface area contributed by atoms with Gasteiger partial charge in [0.15, 0.2) is 0 Å². The molecule has 192 valence electrons. The SMILES string of the molecule is CN(C)Cc1ccccc1-c1cccc2c1[nH]c(=O)n2C1CCN(C(N)=O)C(c2ccc(Cl)c(Cl)c2)C1. The molecule has 3 N–H and O–H groups in total. The van der Waals surface area contributed by atoms with Crippen LogP contribution in [0.15, 0.2) is 65.5 Å². The van der Waals surface area contributed by atoms with Crippen molar-refractivity contribution in [2.24, 2.45) is 5.73 Å². The molecule has 9 heteroatoms. The van der Waals surface area contributed by atoms with Crippen molar-refractivity contribution < 1.29 is 4.79 Å². The summed E-state index contributed by atoms with van der Waals surface area (Å²) in [7, 11) is 4.08. The second-order valence-electron chi connectivity index (χ2n) is 9.79. The van der Waals surface area contributed by atoms with Crippen LogP contribution in [0.4, 0.5) is 4.79 Å². The first kappa shape index (κ1) is 25.4. The largest absolute Gasteiger partial charge is 0.351 e. The van der Waals surface area contributed by atoms with Crippen LogP contribution in [0.5, 0.6) is 0 Å². The number of likely N-dealkylation sites (tertiary alicyclic amines) is 1. The number of amides is 2. The number of aromatic amines is 1. The number of hydrogen-bond acceptors (Lipinski definition) is 3. The quantitative estimate of drug-likeness (QED) is 0.336. The molecule has 1 fully saturated rings. The molecule has 3 aromatic carbocycles. The molecule has 1 aromatic heterocycles. The molecule has 0 aliphatic carbocycles. The summed E-state index contributed by atoms with van der Waals surface area (Å²) in [5.74, 6) is 0. The number of imidazole rings is 1. The van der Waals surface area contributed by atoms with Gasteiger partial charge in [-0.25, -0.2) is 9.59 Å². The maximum Gasteiger partial charge on any atom is 0.326 e. The summed E-state index contributed by atoms with van der Waals surface area (Å²) in [5.41, 5.74) is 11.3. The Morgan fingerprint density at radius 2 is 1.81 bits per heavy atom. The zero-order valence-corrected chi connectivity index (χ0v) is 22.3. The fourth-order valence-electron chi connectivity index (χ4n) is 5.48. The molecule has 1 aliphatic rings. The average Bonchev–Trinajstić information content (AvgIpc) is 3.21. The van der Waals surface area contributed by atoms with E-state index in [0.29, 0.717) is 29.4 Å². The predicted octanol–water partition coefficient (Wildman–Crippen LogP) is 5.82. The fourth-order valence-corrected chi connectivity index (χ4v) is 5.78. The Morgan fingerprint density at radius 1 is 1.05 bits per heavy atom. The van der Waals surface area contributed by atoms with Gasteiger partial charge in [-0.3, -0.25) is 4.57 Å². The summed E-state index contributed by atoms with van der Waals surface area (Å²) in [6.45, 7) is 1.21. The third-order valence-electron chi connectivity index (χ3n) is 7.10. The molecule has 7 nitrogen and oxygen atoms in total. The Labute approximate surface area is 225 Å². The van der Waals surface area contributed by atoms with Crippen LogP contribution in [0.3, 0.4) is 0 Å². The molecule has 2 heterocycles. The normalized spacial score (nSPS) is 18.0. The van der Waals surface area contributed by atoms with Gasteiger partial charge in [-0.15, -0.1) is 0 Å². The number of aromatic nitrogens is 2. The molecule has 0 spiro atoms. The Balaban J connectivity index is 1.57. The number of H-pyrrole nitrogens is 1. The van der Waals surface area contributed by atoms with Crippen molar-refractivity contribution in [1.82, 2.24) is 19.4 Å². The lowest BCUT2D eigenvalue weighted by Crippen LogP contribution is -2.45. The van der Waals surface area contributed by atoms with Gasteiger partial charge in [-0.2, -0.15) is 0 Å². The van der Waals surface area contributed by atoms with Gasteiger partial charge in [0.2, 0.25) is 0 Å². The maximum atomic E-state index is 13.4. The van der Waals surface area contributed by atoms with Gasteiger partial charge in [-0.1, -0.05) is 65.7 Å². The highest BCUT2D eigenvalue weighted by Gasteiger charge is 2.34. The summed E-state index contributed by atoms with van der Waals surface area (Å²) in [5, 5.41) is 0.856. The number of urea groups is 1. The molecule has 1 aliphatic heterocycles. The number of para-hydroxylation sites is 1. The number of fused-ring (bicyclic) bond motifs is 1. The number of halogens is 2. The number of hydrogen-bond donors (Lipinski definition) is 2. The van der Waals surface area contributed by atoms with Crippen LogP contribution in [0.1, 0.15) is 36.1 Å². The first-order valence-electron chi connectivity index (χ1n) is 12.2. The first-order chi connectivity index (χ1) is 17.7. The summed E-state index contributed by atoms with van der Waals surface area (Å²) < 4.78 is 1.83. The lowest BCUT2D eigenvalue weighted by Gasteiger charge is -2.39.